The van der Waals surface area contributed by atoms with Crippen LogP contribution in [0.15, 0.2) is 35.3 Å². The number of rotatable bonds is 9. The highest BCUT2D eigenvalue weighted by atomic mass is 19.4. The van der Waals surface area contributed by atoms with Crippen LogP contribution in [0.5, 0.6) is 0 Å². The highest BCUT2D eigenvalue weighted by Gasteiger charge is 2.29. The molecule has 1 aliphatic rings. The Kier molecular flexibility index (Phi) is 9.05. The second-order valence-electron chi connectivity index (χ2n) is 7.19. The van der Waals surface area contributed by atoms with Gasteiger partial charge in [-0.1, -0.05) is 30.3 Å². The van der Waals surface area contributed by atoms with Crippen LogP contribution >= 0.6 is 0 Å². The Labute approximate surface area is 165 Å². The first-order chi connectivity index (χ1) is 13.4. The molecule has 0 radical (unpaired) electrons. The molecule has 0 aromatic heterocycles. The van der Waals surface area contributed by atoms with Gasteiger partial charge in [-0.15, -0.1) is 0 Å². The molecule has 0 saturated carbocycles. The molecule has 1 saturated heterocycles. The lowest BCUT2D eigenvalue weighted by atomic mass is 10.1. The minimum Gasteiger partial charge on any atom is -0.376 e. The molecule has 1 unspecified atom stereocenters. The Morgan fingerprint density at radius 2 is 2.07 bits per heavy atom. The number of halogens is 3. The largest absolute Gasteiger partial charge is 0.401 e. The molecular formula is C20H31F3N4O. The molecule has 0 bridgehead atoms. The molecule has 2 rings (SSSR count). The number of likely N-dealkylation sites (N-methyl/N-ethyl adjacent to an activating group) is 1. The fraction of sp³-hybridized carbons (Fsp3) is 0.650. The number of ether oxygens (including phenoxy) is 1. The summed E-state index contributed by atoms with van der Waals surface area (Å²) in [6.45, 7) is 5.43. The van der Waals surface area contributed by atoms with E-state index in [4.69, 9.17) is 4.74 Å². The van der Waals surface area contributed by atoms with Crippen LogP contribution in [0.4, 0.5) is 13.2 Å². The first kappa shape index (κ1) is 22.5. The molecule has 5 nitrogen and oxygen atoms in total. The fourth-order valence-corrected chi connectivity index (χ4v) is 3.22. The summed E-state index contributed by atoms with van der Waals surface area (Å²) in [7, 11) is 1.46. The second-order valence-corrected chi connectivity index (χ2v) is 7.19. The summed E-state index contributed by atoms with van der Waals surface area (Å²) in [4.78, 5) is 7.93. The van der Waals surface area contributed by atoms with Crippen LogP contribution in [0, 0.1) is 5.92 Å². The van der Waals surface area contributed by atoms with Crippen LogP contribution in [-0.2, 0) is 11.3 Å². The van der Waals surface area contributed by atoms with Gasteiger partial charge in [0.1, 0.15) is 0 Å². The summed E-state index contributed by atoms with van der Waals surface area (Å²) in [5.74, 6) is 1.20. The van der Waals surface area contributed by atoms with Gasteiger partial charge >= 0.3 is 6.18 Å². The zero-order valence-corrected chi connectivity index (χ0v) is 16.7. The van der Waals surface area contributed by atoms with Gasteiger partial charge in [0.15, 0.2) is 5.96 Å². The van der Waals surface area contributed by atoms with E-state index in [0.29, 0.717) is 25.7 Å². The Bertz CT molecular complexity index is 595. The van der Waals surface area contributed by atoms with Crippen LogP contribution in [0.25, 0.3) is 0 Å². The molecule has 28 heavy (non-hydrogen) atoms. The van der Waals surface area contributed by atoms with E-state index >= 15 is 0 Å². The van der Waals surface area contributed by atoms with Crippen molar-refractivity contribution in [2.45, 2.75) is 26.1 Å². The lowest BCUT2D eigenvalue weighted by molar-refractivity contribution is -0.142. The minimum absolute atomic E-state index is 0.270. The van der Waals surface area contributed by atoms with E-state index in [1.165, 1.54) is 11.9 Å². The number of likely N-dealkylation sites (tertiary alicyclic amines) is 1. The molecule has 0 aliphatic carbocycles. The smallest absolute Gasteiger partial charge is 0.376 e. The molecule has 8 heteroatoms. The van der Waals surface area contributed by atoms with Gasteiger partial charge in [0, 0.05) is 32.1 Å². The average molecular weight is 400 g/mol. The molecule has 0 amide bonds. The van der Waals surface area contributed by atoms with E-state index in [1.54, 1.807) is 0 Å². The van der Waals surface area contributed by atoms with Crippen molar-refractivity contribution >= 4 is 5.96 Å². The van der Waals surface area contributed by atoms with Crippen molar-refractivity contribution in [2.75, 3.05) is 52.9 Å². The summed E-state index contributed by atoms with van der Waals surface area (Å²) < 4.78 is 43.1. The van der Waals surface area contributed by atoms with Gasteiger partial charge in [-0.05, 0) is 26.0 Å². The van der Waals surface area contributed by atoms with E-state index in [-0.39, 0.29) is 6.54 Å². The van der Waals surface area contributed by atoms with Crippen molar-refractivity contribution in [3.05, 3.63) is 35.9 Å². The maximum atomic E-state index is 12.4. The number of benzene rings is 1. The minimum atomic E-state index is -4.18. The summed E-state index contributed by atoms with van der Waals surface area (Å²) in [6, 6.07) is 10.1. The highest BCUT2D eigenvalue weighted by molar-refractivity contribution is 5.80. The predicted molar refractivity (Wildman–Crippen MR) is 105 cm³/mol. The van der Waals surface area contributed by atoms with Crippen molar-refractivity contribution in [3.8, 4) is 0 Å². The highest BCUT2D eigenvalue weighted by Crippen LogP contribution is 2.18. The maximum Gasteiger partial charge on any atom is 0.401 e. The van der Waals surface area contributed by atoms with Gasteiger partial charge < -0.3 is 15.0 Å². The standard InChI is InChI=1S/C20H31F3N4O/c1-3-24-19(25-10-12-26(2)16-20(21,22)23)27-11-9-18(13-27)15-28-14-17-7-5-4-6-8-17/h4-8,18H,3,9-16H2,1-2H3,(H,24,25). The second kappa shape index (κ2) is 11.3. The third kappa shape index (κ3) is 8.48. The van der Waals surface area contributed by atoms with Crippen molar-refractivity contribution in [3.63, 3.8) is 0 Å². The summed E-state index contributed by atoms with van der Waals surface area (Å²) in [5, 5.41) is 3.24. The average Bonchev–Trinajstić information content (AvgIpc) is 3.09. The number of nitrogens with zero attached hydrogens (tertiary/aromatic N) is 3. The van der Waals surface area contributed by atoms with Crippen LogP contribution < -0.4 is 5.32 Å². The molecule has 1 atom stereocenters. The quantitative estimate of drug-likeness (QED) is 0.511. The number of alkyl halides is 3. The van der Waals surface area contributed by atoms with Gasteiger partial charge in [0.25, 0.3) is 0 Å². The summed E-state index contributed by atoms with van der Waals surface area (Å²) >= 11 is 0. The third-order valence-electron chi connectivity index (χ3n) is 4.58. The Morgan fingerprint density at radius 3 is 2.75 bits per heavy atom. The molecule has 1 fully saturated rings. The molecule has 0 spiro atoms. The van der Waals surface area contributed by atoms with E-state index in [1.807, 2.05) is 37.3 Å². The van der Waals surface area contributed by atoms with Gasteiger partial charge in [-0.2, -0.15) is 13.2 Å². The predicted octanol–water partition coefficient (Wildman–Crippen LogP) is 2.98. The van der Waals surface area contributed by atoms with Crippen molar-refractivity contribution in [1.82, 2.24) is 15.1 Å². The van der Waals surface area contributed by atoms with Crippen molar-refractivity contribution < 1.29 is 17.9 Å². The fourth-order valence-electron chi connectivity index (χ4n) is 3.22. The van der Waals surface area contributed by atoms with E-state index in [2.05, 4.69) is 15.2 Å². The molecule has 1 aliphatic heterocycles. The molecular weight excluding hydrogens is 369 g/mol. The van der Waals surface area contributed by atoms with E-state index in [9.17, 15) is 13.2 Å². The SMILES string of the molecule is CCNC(=NCCN(C)CC(F)(F)F)N1CCC(COCc2ccccc2)C1. The van der Waals surface area contributed by atoms with Gasteiger partial charge in [-0.25, -0.2) is 0 Å². The summed E-state index contributed by atoms with van der Waals surface area (Å²) in [6.07, 6.45) is -3.15. The number of guanidine groups is 1. The van der Waals surface area contributed by atoms with Crippen LogP contribution in [0.2, 0.25) is 0 Å². The third-order valence-corrected chi connectivity index (χ3v) is 4.58. The Balaban J connectivity index is 1.75. The van der Waals surface area contributed by atoms with Crippen LogP contribution in [0.1, 0.15) is 18.9 Å². The lowest BCUT2D eigenvalue weighted by Gasteiger charge is -2.22. The first-order valence-corrected chi connectivity index (χ1v) is 9.77. The van der Waals surface area contributed by atoms with E-state index < -0.39 is 12.7 Å². The first-order valence-electron chi connectivity index (χ1n) is 9.77. The molecule has 1 N–H and O–H groups in total. The maximum absolute atomic E-state index is 12.4. The Hall–Kier alpha value is -1.80. The topological polar surface area (TPSA) is 40.1 Å². The zero-order chi connectivity index (χ0) is 20.4. The zero-order valence-electron chi connectivity index (χ0n) is 16.7. The van der Waals surface area contributed by atoms with Gasteiger partial charge in [0.2, 0.25) is 0 Å². The van der Waals surface area contributed by atoms with Crippen LogP contribution in [-0.4, -0.2) is 74.9 Å². The van der Waals surface area contributed by atoms with Crippen LogP contribution in [0.3, 0.4) is 0 Å². The van der Waals surface area contributed by atoms with Gasteiger partial charge in [0.05, 0.1) is 26.3 Å². The van der Waals surface area contributed by atoms with Gasteiger partial charge in [-0.3, -0.25) is 9.89 Å². The summed E-state index contributed by atoms with van der Waals surface area (Å²) in [5.41, 5.74) is 1.16. The number of nitrogens with one attached hydrogen (secondary N) is 1. The lowest BCUT2D eigenvalue weighted by Crippen LogP contribution is -2.41. The monoisotopic (exact) mass is 400 g/mol. The molecule has 1 heterocycles. The normalized spacial score (nSPS) is 18.1. The molecule has 1 aromatic rings. The number of aliphatic imine (C=N–C) groups is 1. The number of hydrogen-bond acceptors (Lipinski definition) is 3. The number of hydrogen-bond donors (Lipinski definition) is 1. The Morgan fingerprint density at radius 1 is 1.32 bits per heavy atom. The van der Waals surface area contributed by atoms with E-state index in [0.717, 1.165) is 37.6 Å². The molecule has 158 valence electrons. The molecule has 1 aromatic carbocycles. The van der Waals surface area contributed by atoms with Crippen molar-refractivity contribution in [1.29, 1.82) is 0 Å². The van der Waals surface area contributed by atoms with Crippen molar-refractivity contribution in [2.24, 2.45) is 10.9 Å².